The van der Waals surface area contributed by atoms with E-state index in [9.17, 15) is 0 Å². The van der Waals surface area contributed by atoms with Gasteiger partial charge in [-0.3, -0.25) is 0 Å². The molecule has 0 heteroatoms. The highest BCUT2D eigenvalue weighted by atomic mass is 14.4. The maximum atomic E-state index is 2.47. The van der Waals surface area contributed by atoms with E-state index in [0.29, 0.717) is 0 Å². The van der Waals surface area contributed by atoms with E-state index in [1.807, 2.05) is 0 Å². The van der Waals surface area contributed by atoms with Crippen LogP contribution in [0.15, 0.2) is 60.7 Å². The number of rotatable bonds is 0. The van der Waals surface area contributed by atoms with Crippen LogP contribution in [0.1, 0.15) is 41.5 Å². The van der Waals surface area contributed by atoms with Crippen LogP contribution in [0.2, 0.25) is 0 Å². The minimum atomic E-state index is 0.0630. The zero-order valence-electron chi connectivity index (χ0n) is 13.4. The van der Waals surface area contributed by atoms with E-state index in [-0.39, 0.29) is 5.41 Å². The summed E-state index contributed by atoms with van der Waals surface area (Å²) >= 11 is 0. The summed E-state index contributed by atoms with van der Waals surface area (Å²) in [5.41, 5.74) is 8.62. The molecule has 0 amide bonds. The Morgan fingerprint density at radius 1 is 0.773 bits per heavy atom. The van der Waals surface area contributed by atoms with E-state index in [1.165, 1.54) is 33.4 Å². The van der Waals surface area contributed by atoms with Crippen LogP contribution in [0.25, 0.3) is 11.1 Å². The molecule has 4 rings (SSSR count). The monoisotopic (exact) mass is 286 g/mol. The zero-order chi connectivity index (χ0) is 15.2. The maximum absolute atomic E-state index is 2.47. The highest BCUT2D eigenvalue weighted by molar-refractivity contribution is 5.83. The molecular formula is C22H22. The maximum Gasteiger partial charge on any atom is 0.0397 e. The lowest BCUT2D eigenvalue weighted by Gasteiger charge is -2.30. The fraction of sp³-hybridized carbons (Fsp3) is 0.273. The highest BCUT2D eigenvalue weighted by Crippen LogP contribution is 2.53. The summed E-state index contributed by atoms with van der Waals surface area (Å²) < 4.78 is 0. The first kappa shape index (κ1) is 13.6. The molecule has 0 heterocycles. The summed E-state index contributed by atoms with van der Waals surface area (Å²) in [7, 11) is 0. The topological polar surface area (TPSA) is 0 Å². The number of aryl methyl sites for hydroxylation is 2. The second-order valence-electron chi connectivity index (χ2n) is 6.72. The second-order valence-corrected chi connectivity index (χ2v) is 6.72. The summed E-state index contributed by atoms with van der Waals surface area (Å²) in [4.78, 5) is 0. The lowest BCUT2D eigenvalue weighted by atomic mass is 9.73. The van der Waals surface area contributed by atoms with Gasteiger partial charge in [0.05, 0.1) is 0 Å². The van der Waals surface area contributed by atoms with Gasteiger partial charge in [0.1, 0.15) is 0 Å². The Morgan fingerprint density at radius 3 is 2.05 bits per heavy atom. The van der Waals surface area contributed by atoms with Crippen molar-refractivity contribution in [3.8, 4) is 11.1 Å². The molecule has 0 aliphatic heterocycles. The molecule has 1 spiro atoms. The first-order valence-corrected chi connectivity index (χ1v) is 8.26. The molecule has 0 nitrogen and oxygen atoms in total. The molecule has 0 radical (unpaired) electrons. The molecule has 0 aromatic heterocycles. The largest absolute Gasteiger partial charge is 0.0882 e. The minimum Gasteiger partial charge on any atom is -0.0882 e. The molecule has 0 saturated heterocycles. The number of hydrogen-bond acceptors (Lipinski definition) is 0. The van der Waals surface area contributed by atoms with Crippen LogP contribution in [0.3, 0.4) is 0 Å². The third-order valence-electron chi connectivity index (χ3n) is 5.15. The van der Waals surface area contributed by atoms with Gasteiger partial charge in [-0.15, -0.1) is 0 Å². The lowest BCUT2D eigenvalue weighted by molar-refractivity contribution is 0.596. The van der Waals surface area contributed by atoms with Gasteiger partial charge >= 0.3 is 0 Å². The van der Waals surface area contributed by atoms with Crippen molar-refractivity contribution < 1.29 is 0 Å². The molecule has 22 heavy (non-hydrogen) atoms. The number of fused-ring (bicyclic) bond motifs is 5. The van der Waals surface area contributed by atoms with Crippen LogP contribution in [0.5, 0.6) is 0 Å². The molecule has 0 fully saturated rings. The molecule has 0 unspecified atom stereocenters. The Balaban J connectivity index is 2.03. The number of benzene rings is 2. The summed E-state index contributed by atoms with van der Waals surface area (Å²) in [6.45, 7) is 4.41. The van der Waals surface area contributed by atoms with E-state index in [2.05, 4.69) is 74.5 Å². The highest BCUT2D eigenvalue weighted by Gasteiger charge is 2.40. The average Bonchev–Trinajstić information content (AvgIpc) is 2.73. The Kier molecular flexibility index (Phi) is 3.07. The van der Waals surface area contributed by atoms with Crippen LogP contribution in [0.4, 0.5) is 0 Å². The molecular weight excluding hydrogens is 264 g/mol. The molecule has 0 N–H and O–H groups in total. The van der Waals surface area contributed by atoms with Gasteiger partial charge in [0.25, 0.3) is 0 Å². The van der Waals surface area contributed by atoms with Gasteiger partial charge in [-0.2, -0.15) is 0 Å². The van der Waals surface area contributed by atoms with Crippen molar-refractivity contribution in [2.75, 3.05) is 0 Å². The van der Waals surface area contributed by atoms with Crippen LogP contribution < -0.4 is 0 Å². The van der Waals surface area contributed by atoms with E-state index in [4.69, 9.17) is 0 Å². The van der Waals surface area contributed by atoms with Crippen molar-refractivity contribution in [3.05, 3.63) is 83.0 Å². The molecule has 110 valence electrons. The molecule has 0 bridgehead atoms. The van der Waals surface area contributed by atoms with Gasteiger partial charge in [-0.05, 0) is 55.4 Å². The van der Waals surface area contributed by atoms with Gasteiger partial charge < -0.3 is 0 Å². The fourth-order valence-electron chi connectivity index (χ4n) is 4.07. The fourth-order valence-corrected chi connectivity index (χ4v) is 4.07. The van der Waals surface area contributed by atoms with Gasteiger partial charge in [-0.25, -0.2) is 0 Å². The third kappa shape index (κ3) is 1.90. The summed E-state index contributed by atoms with van der Waals surface area (Å²) in [5.74, 6) is 0. The van der Waals surface area contributed by atoms with Crippen molar-refractivity contribution in [2.45, 2.75) is 38.5 Å². The predicted molar refractivity (Wildman–Crippen MR) is 94.3 cm³/mol. The summed E-state index contributed by atoms with van der Waals surface area (Å²) in [6.07, 6.45) is 12.8. The number of hydrogen-bond donors (Lipinski definition) is 0. The predicted octanol–water partition coefficient (Wildman–Crippen LogP) is 5.87. The summed E-state index contributed by atoms with van der Waals surface area (Å²) in [6, 6.07) is 13.9. The van der Waals surface area contributed by atoms with Crippen molar-refractivity contribution in [1.82, 2.24) is 0 Å². The smallest absolute Gasteiger partial charge is 0.0397 e. The Bertz CT molecular complexity index is 738. The molecule has 0 atom stereocenters. The summed E-state index contributed by atoms with van der Waals surface area (Å²) in [5, 5.41) is 0. The van der Waals surface area contributed by atoms with Gasteiger partial charge in [0.15, 0.2) is 0 Å². The van der Waals surface area contributed by atoms with Crippen molar-refractivity contribution in [3.63, 3.8) is 0 Å². The number of allylic oxidation sites excluding steroid dienone is 4. The molecule has 2 aromatic rings. The van der Waals surface area contributed by atoms with Crippen LogP contribution in [-0.2, 0) is 5.41 Å². The SMILES string of the molecule is Cc1ccc2c(c1)C1(C=CCC=CCC1)c1cc(C)ccc1-2. The quantitative estimate of drug-likeness (QED) is 0.532. The lowest BCUT2D eigenvalue weighted by Crippen LogP contribution is -2.23. The normalized spacial score (nSPS) is 17.9. The van der Waals surface area contributed by atoms with E-state index >= 15 is 0 Å². The van der Waals surface area contributed by atoms with Crippen molar-refractivity contribution in [1.29, 1.82) is 0 Å². The Morgan fingerprint density at radius 2 is 1.41 bits per heavy atom. The Labute approximate surface area is 133 Å². The Hall–Kier alpha value is -2.08. The van der Waals surface area contributed by atoms with E-state index in [1.54, 1.807) is 0 Å². The van der Waals surface area contributed by atoms with Gasteiger partial charge in [0.2, 0.25) is 0 Å². The van der Waals surface area contributed by atoms with E-state index in [0.717, 1.165) is 19.3 Å². The first-order chi connectivity index (χ1) is 10.7. The zero-order valence-corrected chi connectivity index (χ0v) is 13.4. The molecule has 2 aromatic carbocycles. The van der Waals surface area contributed by atoms with E-state index < -0.39 is 0 Å². The standard InChI is InChI=1S/C22H22/c1-16-8-10-18-19-11-9-17(2)15-21(19)22(20(18)14-16)12-6-4-3-5-7-13-22/h3-4,7-11,13-15H,5-6,12H2,1-2H3. The van der Waals surface area contributed by atoms with Gasteiger partial charge in [-0.1, -0.05) is 71.8 Å². The van der Waals surface area contributed by atoms with Crippen LogP contribution in [-0.4, -0.2) is 0 Å². The van der Waals surface area contributed by atoms with Crippen LogP contribution >= 0.6 is 0 Å². The molecule has 0 saturated carbocycles. The average molecular weight is 286 g/mol. The van der Waals surface area contributed by atoms with Crippen molar-refractivity contribution in [2.24, 2.45) is 0 Å². The van der Waals surface area contributed by atoms with Crippen molar-refractivity contribution >= 4 is 0 Å². The molecule has 2 aliphatic rings. The van der Waals surface area contributed by atoms with Crippen LogP contribution in [0, 0.1) is 13.8 Å². The molecule has 2 aliphatic carbocycles. The second kappa shape index (κ2) is 4.98. The third-order valence-corrected chi connectivity index (χ3v) is 5.15. The first-order valence-electron chi connectivity index (χ1n) is 8.26. The van der Waals surface area contributed by atoms with Gasteiger partial charge in [0, 0.05) is 5.41 Å². The minimum absolute atomic E-state index is 0.0630.